The van der Waals surface area contributed by atoms with E-state index in [9.17, 15) is 9.90 Å². The summed E-state index contributed by atoms with van der Waals surface area (Å²) in [6.07, 6.45) is 3.08. The summed E-state index contributed by atoms with van der Waals surface area (Å²) in [5.74, 6) is 0.512. The maximum absolute atomic E-state index is 12.7. The van der Waals surface area contributed by atoms with Crippen LogP contribution < -0.4 is 4.74 Å². The van der Waals surface area contributed by atoms with Gasteiger partial charge in [-0.2, -0.15) is 0 Å². The van der Waals surface area contributed by atoms with Gasteiger partial charge in [-0.05, 0) is 51.4 Å². The lowest BCUT2D eigenvalue weighted by atomic mass is 10.0. The summed E-state index contributed by atoms with van der Waals surface area (Å²) in [7, 11) is 0. The Balaban J connectivity index is 1.59. The predicted octanol–water partition coefficient (Wildman–Crippen LogP) is 1.02. The molecular weight excluding hydrogens is 346 g/mol. The van der Waals surface area contributed by atoms with Crippen LogP contribution in [0.3, 0.4) is 0 Å². The third-order valence-electron chi connectivity index (χ3n) is 5.19. The normalized spacial score (nSPS) is 24.0. The van der Waals surface area contributed by atoms with Crippen LogP contribution in [-0.4, -0.2) is 83.9 Å². The number of amides is 1. The number of hydrogen-bond acceptors (Lipinski definition) is 6. The van der Waals surface area contributed by atoms with E-state index in [1.165, 1.54) is 0 Å². The number of β-amino-alcohol motifs (C(OH)–C–C–N with tert-alkyl or cyclic N) is 1. The molecule has 1 amide bonds. The van der Waals surface area contributed by atoms with Gasteiger partial charge in [-0.3, -0.25) is 9.78 Å². The molecule has 1 aromatic rings. The summed E-state index contributed by atoms with van der Waals surface area (Å²) in [5, 5.41) is 11.0. The second kappa shape index (κ2) is 8.99. The number of aromatic nitrogens is 1. The minimum absolute atomic E-state index is 0.0580. The summed E-state index contributed by atoms with van der Waals surface area (Å²) >= 11 is 0. The monoisotopic (exact) mass is 377 g/mol. The van der Waals surface area contributed by atoms with E-state index in [1.807, 2.05) is 26.0 Å². The van der Waals surface area contributed by atoms with E-state index >= 15 is 0 Å². The minimum atomic E-state index is -1.03. The molecule has 0 unspecified atom stereocenters. The molecule has 0 spiro atoms. The Hall–Kier alpha value is -1.70. The van der Waals surface area contributed by atoms with E-state index in [0.29, 0.717) is 25.4 Å². The van der Waals surface area contributed by atoms with Crippen molar-refractivity contribution in [3.63, 3.8) is 0 Å². The molecule has 1 aromatic heterocycles. The number of ether oxygens (including phenoxy) is 2. The summed E-state index contributed by atoms with van der Waals surface area (Å²) in [6.45, 7) is 7.87. The van der Waals surface area contributed by atoms with E-state index in [1.54, 1.807) is 4.90 Å². The highest BCUT2D eigenvalue weighted by Gasteiger charge is 2.36. The van der Waals surface area contributed by atoms with E-state index in [4.69, 9.17) is 9.47 Å². The van der Waals surface area contributed by atoms with Crippen LogP contribution in [-0.2, 0) is 16.0 Å². The van der Waals surface area contributed by atoms with Crippen LogP contribution in [0.5, 0.6) is 5.75 Å². The molecule has 150 valence electrons. The summed E-state index contributed by atoms with van der Waals surface area (Å²) in [5.41, 5.74) is 0.756. The number of nitrogens with zero attached hydrogens (tertiary/aromatic N) is 3. The van der Waals surface area contributed by atoms with Crippen LogP contribution in [0.2, 0.25) is 0 Å². The van der Waals surface area contributed by atoms with Crippen molar-refractivity contribution < 1.29 is 19.4 Å². The maximum Gasteiger partial charge on any atom is 0.260 e. The molecule has 0 radical (unpaired) electrons. The van der Waals surface area contributed by atoms with Gasteiger partial charge in [-0.15, -0.1) is 0 Å². The highest BCUT2D eigenvalue weighted by atomic mass is 16.5. The molecular formula is C20H31N3O4. The van der Waals surface area contributed by atoms with Crippen LogP contribution >= 0.6 is 0 Å². The number of rotatable bonds is 6. The van der Waals surface area contributed by atoms with Crippen molar-refractivity contribution in [2.45, 2.75) is 38.7 Å². The number of likely N-dealkylation sites (tertiary alicyclic amines) is 1. The van der Waals surface area contributed by atoms with Gasteiger partial charge in [0.05, 0.1) is 25.5 Å². The second-order valence-electron chi connectivity index (χ2n) is 7.62. The van der Waals surface area contributed by atoms with Crippen molar-refractivity contribution in [1.29, 1.82) is 0 Å². The van der Waals surface area contributed by atoms with Crippen molar-refractivity contribution >= 4 is 5.91 Å². The molecule has 2 saturated heterocycles. The van der Waals surface area contributed by atoms with Crippen molar-refractivity contribution in [2.75, 3.05) is 52.5 Å². The van der Waals surface area contributed by atoms with Gasteiger partial charge in [0.2, 0.25) is 0 Å². The van der Waals surface area contributed by atoms with Gasteiger partial charge >= 0.3 is 0 Å². The number of carbonyl (C=O) groups is 1. The molecule has 2 aliphatic rings. The number of aliphatic hydroxyl groups is 1. The van der Waals surface area contributed by atoms with Crippen molar-refractivity contribution in [3.05, 3.63) is 23.5 Å². The number of pyridine rings is 1. The summed E-state index contributed by atoms with van der Waals surface area (Å²) in [6, 6.07) is 3.75. The quantitative estimate of drug-likeness (QED) is 0.798. The topological polar surface area (TPSA) is 75.1 Å². The SMILES string of the molecule is CCc1nc(C)ccc1OCC(=O)N1CCOC[C@@](O)(CN2CCCC2)C1. The number of hydrogen-bond donors (Lipinski definition) is 1. The molecule has 0 aromatic carbocycles. The van der Waals surface area contributed by atoms with Crippen LogP contribution in [0.25, 0.3) is 0 Å². The van der Waals surface area contributed by atoms with E-state index in [2.05, 4.69) is 9.88 Å². The Bertz CT molecular complexity index is 648. The van der Waals surface area contributed by atoms with Crippen LogP contribution in [0, 0.1) is 6.92 Å². The molecule has 3 heterocycles. The van der Waals surface area contributed by atoms with Crippen molar-refractivity contribution in [1.82, 2.24) is 14.8 Å². The van der Waals surface area contributed by atoms with Gasteiger partial charge < -0.3 is 24.4 Å². The maximum atomic E-state index is 12.7. The average molecular weight is 377 g/mol. The van der Waals surface area contributed by atoms with Gasteiger partial charge in [0, 0.05) is 18.8 Å². The Labute approximate surface area is 161 Å². The average Bonchev–Trinajstić information content (AvgIpc) is 3.07. The third-order valence-corrected chi connectivity index (χ3v) is 5.19. The first-order chi connectivity index (χ1) is 13.0. The summed E-state index contributed by atoms with van der Waals surface area (Å²) < 4.78 is 11.3. The van der Waals surface area contributed by atoms with Gasteiger partial charge in [0.1, 0.15) is 11.4 Å². The largest absolute Gasteiger partial charge is 0.482 e. The first-order valence-corrected chi connectivity index (χ1v) is 9.89. The molecule has 27 heavy (non-hydrogen) atoms. The fourth-order valence-corrected chi connectivity index (χ4v) is 3.80. The molecule has 2 aliphatic heterocycles. The highest BCUT2D eigenvalue weighted by Crippen LogP contribution is 2.20. The fraction of sp³-hybridized carbons (Fsp3) is 0.700. The minimum Gasteiger partial charge on any atom is -0.482 e. The van der Waals surface area contributed by atoms with E-state index < -0.39 is 5.60 Å². The Morgan fingerprint density at radius 1 is 1.33 bits per heavy atom. The standard InChI is InChI=1S/C20H31N3O4/c1-3-17-18(7-6-16(2)21-17)27-12-19(24)23-10-11-26-15-20(25,14-23)13-22-8-4-5-9-22/h6-7,25H,3-5,8-15H2,1-2H3/t20-/m1/s1. The second-order valence-corrected chi connectivity index (χ2v) is 7.62. The number of aryl methyl sites for hydroxylation is 2. The molecule has 0 saturated carbocycles. The third kappa shape index (κ3) is 5.40. The van der Waals surface area contributed by atoms with Gasteiger partial charge in [0.25, 0.3) is 5.91 Å². The smallest absolute Gasteiger partial charge is 0.260 e. The Morgan fingerprint density at radius 2 is 2.11 bits per heavy atom. The zero-order chi connectivity index (χ0) is 19.3. The molecule has 7 heteroatoms. The van der Waals surface area contributed by atoms with Crippen LogP contribution in [0.4, 0.5) is 0 Å². The van der Waals surface area contributed by atoms with Crippen LogP contribution in [0.1, 0.15) is 31.2 Å². The van der Waals surface area contributed by atoms with Gasteiger partial charge in [-0.25, -0.2) is 0 Å². The van der Waals surface area contributed by atoms with Gasteiger partial charge in [-0.1, -0.05) is 6.92 Å². The first-order valence-electron chi connectivity index (χ1n) is 9.89. The summed E-state index contributed by atoms with van der Waals surface area (Å²) in [4.78, 5) is 21.1. The first kappa shape index (κ1) is 20.0. The highest BCUT2D eigenvalue weighted by molar-refractivity contribution is 5.78. The molecule has 0 bridgehead atoms. The molecule has 7 nitrogen and oxygen atoms in total. The lowest BCUT2D eigenvalue weighted by Crippen LogP contribution is -2.53. The predicted molar refractivity (Wildman–Crippen MR) is 102 cm³/mol. The lowest BCUT2D eigenvalue weighted by molar-refractivity contribution is -0.136. The van der Waals surface area contributed by atoms with Gasteiger partial charge in [0.15, 0.2) is 6.61 Å². The zero-order valence-corrected chi connectivity index (χ0v) is 16.4. The zero-order valence-electron chi connectivity index (χ0n) is 16.4. The molecule has 3 rings (SSSR count). The Kier molecular flexibility index (Phi) is 6.68. The van der Waals surface area contributed by atoms with Crippen molar-refractivity contribution in [2.24, 2.45) is 0 Å². The van der Waals surface area contributed by atoms with E-state index in [-0.39, 0.29) is 25.7 Å². The molecule has 2 fully saturated rings. The molecule has 1 atom stereocenters. The number of carbonyl (C=O) groups excluding carboxylic acids is 1. The van der Waals surface area contributed by atoms with Crippen molar-refractivity contribution in [3.8, 4) is 5.75 Å². The van der Waals surface area contributed by atoms with E-state index in [0.717, 1.165) is 43.7 Å². The molecule has 1 N–H and O–H groups in total. The lowest BCUT2D eigenvalue weighted by Gasteiger charge is -2.34. The van der Waals surface area contributed by atoms with Crippen LogP contribution in [0.15, 0.2) is 12.1 Å². The molecule has 0 aliphatic carbocycles. The fourth-order valence-electron chi connectivity index (χ4n) is 3.80. The Morgan fingerprint density at radius 3 is 2.85 bits per heavy atom.